The monoisotopic (exact) mass is 162 g/mol. The second kappa shape index (κ2) is 3.49. The molecule has 0 aromatic heterocycles. The Balaban J connectivity index is 2.47. The van der Waals surface area contributed by atoms with Gasteiger partial charge in [-0.2, -0.15) is 0 Å². The third kappa shape index (κ3) is 1.90. The fourth-order valence-corrected chi connectivity index (χ4v) is 1.17. The quantitative estimate of drug-likeness (QED) is 0.466. The molecule has 0 spiro atoms. The molecule has 4 unspecified atom stereocenters. The summed E-state index contributed by atoms with van der Waals surface area (Å²) in [4.78, 5) is 0. The van der Waals surface area contributed by atoms with Gasteiger partial charge in [-0.15, -0.1) is 0 Å². The highest BCUT2D eigenvalue weighted by Crippen LogP contribution is 2.23. The summed E-state index contributed by atoms with van der Waals surface area (Å²) in [5.41, 5.74) is 0. The lowest BCUT2D eigenvalue weighted by Crippen LogP contribution is -2.43. The van der Waals surface area contributed by atoms with Crippen molar-refractivity contribution in [1.82, 2.24) is 0 Å². The topological polar surface area (TPSA) is 69.9 Å². The van der Waals surface area contributed by atoms with Crippen LogP contribution >= 0.6 is 0 Å². The summed E-state index contributed by atoms with van der Waals surface area (Å²) in [5.74, 6) is -0.266. The first-order chi connectivity index (χ1) is 5.15. The van der Waals surface area contributed by atoms with Crippen molar-refractivity contribution >= 4 is 0 Å². The van der Waals surface area contributed by atoms with Gasteiger partial charge in [0.2, 0.25) is 0 Å². The highest BCUT2D eigenvalue weighted by Gasteiger charge is 2.33. The van der Waals surface area contributed by atoms with Gasteiger partial charge in [0.1, 0.15) is 0 Å². The minimum absolute atomic E-state index is 0.152. The molecule has 0 amide bonds. The Bertz CT molecular complexity index is 116. The van der Waals surface area contributed by atoms with Gasteiger partial charge in [-0.1, -0.05) is 6.92 Å². The zero-order valence-electron chi connectivity index (χ0n) is 6.47. The molecular formula is C7H14O4. The van der Waals surface area contributed by atoms with Crippen LogP contribution in [0.1, 0.15) is 13.3 Å². The van der Waals surface area contributed by atoms with Crippen molar-refractivity contribution in [1.29, 1.82) is 0 Å². The Morgan fingerprint density at radius 1 is 1.45 bits per heavy atom. The van der Waals surface area contributed by atoms with E-state index in [0.717, 1.165) is 0 Å². The number of hydrogen-bond donors (Lipinski definition) is 3. The van der Waals surface area contributed by atoms with E-state index in [1.54, 1.807) is 6.92 Å². The lowest BCUT2D eigenvalue weighted by Gasteiger charge is -2.34. The van der Waals surface area contributed by atoms with Gasteiger partial charge in [0.25, 0.3) is 0 Å². The second-order valence-corrected chi connectivity index (χ2v) is 2.99. The average molecular weight is 162 g/mol. The largest absolute Gasteiger partial charge is 0.394 e. The molecular weight excluding hydrogens is 148 g/mol. The van der Waals surface area contributed by atoms with Gasteiger partial charge < -0.3 is 20.1 Å². The van der Waals surface area contributed by atoms with Crippen molar-refractivity contribution < 1.29 is 20.1 Å². The molecule has 0 aromatic carbocycles. The molecule has 11 heavy (non-hydrogen) atoms. The molecule has 0 aromatic rings. The number of ether oxygens (including phenoxy) is 1. The van der Waals surface area contributed by atoms with E-state index < -0.39 is 18.5 Å². The van der Waals surface area contributed by atoms with Crippen LogP contribution in [0.15, 0.2) is 0 Å². The van der Waals surface area contributed by atoms with Gasteiger partial charge in [0.05, 0.1) is 18.8 Å². The standard InChI is InChI=1S/C7H14O4/c1-4-6(9)2-5(3-8)11-7(4)10/h4-10H,2-3H2,1H3. The van der Waals surface area contributed by atoms with E-state index >= 15 is 0 Å². The smallest absolute Gasteiger partial charge is 0.160 e. The lowest BCUT2D eigenvalue weighted by molar-refractivity contribution is -0.226. The minimum atomic E-state index is -0.948. The van der Waals surface area contributed by atoms with Crippen LogP contribution in [0.3, 0.4) is 0 Å². The maximum Gasteiger partial charge on any atom is 0.160 e. The third-order valence-corrected chi connectivity index (χ3v) is 2.10. The van der Waals surface area contributed by atoms with Gasteiger partial charge >= 0.3 is 0 Å². The zero-order valence-corrected chi connectivity index (χ0v) is 6.47. The number of hydrogen-bond acceptors (Lipinski definition) is 4. The Kier molecular flexibility index (Phi) is 2.84. The molecule has 0 radical (unpaired) electrons. The summed E-state index contributed by atoms with van der Waals surface area (Å²) >= 11 is 0. The normalized spacial score (nSPS) is 45.8. The molecule has 4 nitrogen and oxygen atoms in total. The summed E-state index contributed by atoms with van der Waals surface area (Å²) in [6, 6.07) is 0. The number of aliphatic hydroxyl groups is 3. The molecule has 1 fully saturated rings. The molecule has 1 saturated heterocycles. The highest BCUT2D eigenvalue weighted by molar-refractivity contribution is 4.77. The minimum Gasteiger partial charge on any atom is -0.394 e. The fourth-order valence-electron chi connectivity index (χ4n) is 1.17. The van der Waals surface area contributed by atoms with E-state index in [1.165, 1.54) is 0 Å². The van der Waals surface area contributed by atoms with E-state index in [0.29, 0.717) is 6.42 Å². The Morgan fingerprint density at radius 3 is 2.55 bits per heavy atom. The predicted molar refractivity (Wildman–Crippen MR) is 37.8 cm³/mol. The van der Waals surface area contributed by atoms with Crippen molar-refractivity contribution in [2.75, 3.05) is 6.61 Å². The molecule has 1 aliphatic rings. The van der Waals surface area contributed by atoms with E-state index in [9.17, 15) is 5.11 Å². The molecule has 0 aliphatic carbocycles. The third-order valence-electron chi connectivity index (χ3n) is 2.10. The van der Waals surface area contributed by atoms with Crippen LogP contribution in [0.2, 0.25) is 0 Å². The van der Waals surface area contributed by atoms with E-state index in [1.807, 2.05) is 0 Å². The number of rotatable bonds is 1. The summed E-state index contributed by atoms with van der Waals surface area (Å²) in [6.07, 6.45) is -1.54. The first-order valence-corrected chi connectivity index (χ1v) is 3.77. The lowest BCUT2D eigenvalue weighted by atomic mass is 9.95. The maximum atomic E-state index is 9.30. The fraction of sp³-hybridized carbons (Fsp3) is 1.00. The number of aliphatic hydroxyl groups excluding tert-OH is 3. The summed E-state index contributed by atoms with van der Waals surface area (Å²) in [6.45, 7) is 1.56. The van der Waals surface area contributed by atoms with Crippen molar-refractivity contribution in [3.8, 4) is 0 Å². The molecule has 0 saturated carbocycles. The maximum absolute atomic E-state index is 9.30. The second-order valence-electron chi connectivity index (χ2n) is 2.99. The molecule has 4 heteroatoms. The van der Waals surface area contributed by atoms with Gasteiger partial charge in [-0.05, 0) is 0 Å². The predicted octanol–water partition coefficient (Wildman–Crippen LogP) is -0.917. The first-order valence-electron chi connectivity index (χ1n) is 3.77. The van der Waals surface area contributed by atoms with Gasteiger partial charge in [0.15, 0.2) is 6.29 Å². The molecule has 4 atom stereocenters. The zero-order chi connectivity index (χ0) is 8.43. The molecule has 1 rings (SSSR count). The molecule has 1 aliphatic heterocycles. The van der Waals surface area contributed by atoms with E-state index in [2.05, 4.69) is 0 Å². The van der Waals surface area contributed by atoms with Crippen LogP contribution in [0, 0.1) is 5.92 Å². The van der Waals surface area contributed by atoms with E-state index in [4.69, 9.17) is 14.9 Å². The van der Waals surface area contributed by atoms with Crippen molar-refractivity contribution in [2.24, 2.45) is 5.92 Å². The summed E-state index contributed by atoms with van der Waals surface area (Å²) in [7, 11) is 0. The van der Waals surface area contributed by atoms with Crippen LogP contribution in [0.5, 0.6) is 0 Å². The highest BCUT2D eigenvalue weighted by atomic mass is 16.6. The van der Waals surface area contributed by atoms with Crippen molar-refractivity contribution in [2.45, 2.75) is 31.8 Å². The SMILES string of the molecule is CC1C(O)CC(CO)OC1O. The van der Waals surface area contributed by atoms with Crippen LogP contribution in [-0.4, -0.2) is 40.4 Å². The van der Waals surface area contributed by atoms with Crippen molar-refractivity contribution in [3.63, 3.8) is 0 Å². The summed E-state index contributed by atoms with van der Waals surface area (Å²) in [5, 5.41) is 27.1. The average Bonchev–Trinajstić information content (AvgIpc) is 1.99. The Morgan fingerprint density at radius 2 is 2.09 bits per heavy atom. The van der Waals surface area contributed by atoms with Gasteiger partial charge in [-0.3, -0.25) is 0 Å². The van der Waals surface area contributed by atoms with Crippen LogP contribution in [0.25, 0.3) is 0 Å². The Hall–Kier alpha value is -0.160. The molecule has 0 bridgehead atoms. The van der Waals surface area contributed by atoms with Crippen LogP contribution in [0.4, 0.5) is 0 Å². The Labute approximate surface area is 65.4 Å². The summed E-state index contributed by atoms with van der Waals surface area (Å²) < 4.78 is 4.96. The first kappa shape index (κ1) is 8.93. The van der Waals surface area contributed by atoms with Gasteiger partial charge in [-0.25, -0.2) is 0 Å². The van der Waals surface area contributed by atoms with E-state index in [-0.39, 0.29) is 12.5 Å². The molecule has 3 N–H and O–H groups in total. The molecule has 1 heterocycles. The van der Waals surface area contributed by atoms with Crippen LogP contribution < -0.4 is 0 Å². The van der Waals surface area contributed by atoms with Crippen molar-refractivity contribution in [3.05, 3.63) is 0 Å². The van der Waals surface area contributed by atoms with Gasteiger partial charge in [0, 0.05) is 12.3 Å². The molecule has 66 valence electrons. The van der Waals surface area contributed by atoms with Crippen LogP contribution in [-0.2, 0) is 4.74 Å².